The number of nitro benzene ring substituents is 1. The third-order valence-electron chi connectivity index (χ3n) is 2.94. The summed E-state index contributed by atoms with van der Waals surface area (Å²) in [5.41, 5.74) is 6.44. The Kier molecular flexibility index (Phi) is 7.61. The first-order chi connectivity index (χ1) is 10.9. The second-order valence-electron chi connectivity index (χ2n) is 4.91. The highest BCUT2D eigenvalue weighted by molar-refractivity contribution is 8.01. The van der Waals surface area contributed by atoms with Crippen LogP contribution in [-0.4, -0.2) is 28.4 Å². The minimum Gasteiger partial charge on any atom is -0.348 e. The number of rotatable bonds is 6. The molecule has 0 radical (unpaired) electrons. The normalized spacial score (nSPS) is 11.5. The maximum atomic E-state index is 12.1. The van der Waals surface area contributed by atoms with E-state index in [1.54, 1.807) is 19.1 Å². The molecule has 2 rings (SSSR count). The zero-order valence-corrected chi connectivity index (χ0v) is 15.5. The summed E-state index contributed by atoms with van der Waals surface area (Å²) < 4.78 is 0.722. The van der Waals surface area contributed by atoms with Gasteiger partial charge in [-0.3, -0.25) is 14.9 Å². The van der Waals surface area contributed by atoms with E-state index < -0.39 is 4.92 Å². The molecule has 0 saturated carbocycles. The molecule has 0 spiro atoms. The number of nitro groups is 1. The monoisotopic (exact) mass is 388 g/mol. The van der Waals surface area contributed by atoms with Crippen LogP contribution in [0.4, 0.5) is 5.69 Å². The van der Waals surface area contributed by atoms with Crippen molar-refractivity contribution in [2.45, 2.75) is 29.1 Å². The number of hydrogen-bond donors (Lipinski definition) is 2. The van der Waals surface area contributed by atoms with E-state index in [0.29, 0.717) is 11.4 Å². The van der Waals surface area contributed by atoms with Gasteiger partial charge in [-0.2, -0.15) is 0 Å². The van der Waals surface area contributed by atoms with Crippen LogP contribution in [-0.2, 0) is 0 Å². The van der Waals surface area contributed by atoms with Crippen molar-refractivity contribution in [2.75, 3.05) is 6.54 Å². The maximum Gasteiger partial charge on any atom is 0.284 e. The van der Waals surface area contributed by atoms with E-state index >= 15 is 0 Å². The fraction of sp³-hybridized carbons (Fsp3) is 0.286. The molecule has 0 aliphatic carbocycles. The Morgan fingerprint density at radius 1 is 1.54 bits per heavy atom. The molecule has 1 aromatic heterocycles. The Morgan fingerprint density at radius 3 is 2.79 bits per heavy atom. The Balaban J connectivity index is 0.00000288. The molecule has 0 aliphatic heterocycles. The minimum absolute atomic E-state index is 0. The summed E-state index contributed by atoms with van der Waals surface area (Å²) in [5.74, 6) is -0.382. The molecule has 1 aromatic carbocycles. The van der Waals surface area contributed by atoms with Crippen LogP contribution < -0.4 is 11.1 Å². The zero-order chi connectivity index (χ0) is 17.0. The van der Waals surface area contributed by atoms with Crippen LogP contribution in [0.1, 0.15) is 23.0 Å². The number of amides is 1. The molecule has 0 saturated heterocycles. The standard InChI is InChI=1S/C14H16N4O3S2.ClH/c1-8(6-15)16-13(19)10-3-4-12(11(5-10)18(20)21)23-14-17-9(2)7-22-14;/h3-5,7-8H,6,15H2,1-2H3,(H,16,19);1H/t8-;/m0./s1. The van der Waals surface area contributed by atoms with Crippen LogP contribution in [0.2, 0.25) is 0 Å². The molecule has 3 N–H and O–H groups in total. The molecule has 0 unspecified atom stereocenters. The number of nitrogens with two attached hydrogens (primary N) is 1. The third kappa shape index (κ3) is 5.17. The van der Waals surface area contributed by atoms with Crippen LogP contribution >= 0.6 is 35.5 Å². The first kappa shape index (κ1) is 20.4. The highest BCUT2D eigenvalue weighted by Gasteiger charge is 2.20. The van der Waals surface area contributed by atoms with Crippen LogP contribution in [0, 0.1) is 17.0 Å². The van der Waals surface area contributed by atoms with Gasteiger partial charge in [-0.05, 0) is 26.0 Å². The Hall–Kier alpha value is -1.68. The van der Waals surface area contributed by atoms with Crippen molar-refractivity contribution in [3.63, 3.8) is 0 Å². The quantitative estimate of drug-likeness (QED) is 0.581. The summed E-state index contributed by atoms with van der Waals surface area (Å²) in [7, 11) is 0. The molecule has 0 aliphatic rings. The molecule has 0 bridgehead atoms. The number of hydrogen-bond acceptors (Lipinski definition) is 7. The average molecular weight is 389 g/mol. The van der Waals surface area contributed by atoms with Gasteiger partial charge in [0.2, 0.25) is 0 Å². The maximum absolute atomic E-state index is 12.1. The highest BCUT2D eigenvalue weighted by Crippen LogP contribution is 2.36. The Bertz CT molecular complexity index is 739. The smallest absolute Gasteiger partial charge is 0.284 e. The van der Waals surface area contributed by atoms with Gasteiger partial charge in [0.25, 0.3) is 11.6 Å². The molecule has 1 heterocycles. The van der Waals surface area contributed by atoms with E-state index in [1.165, 1.54) is 29.2 Å². The molecule has 7 nitrogen and oxygen atoms in total. The molecule has 10 heteroatoms. The second kappa shape index (κ2) is 8.97. The van der Waals surface area contributed by atoms with Gasteiger partial charge in [0.1, 0.15) is 0 Å². The van der Waals surface area contributed by atoms with Gasteiger partial charge in [0, 0.05) is 35.3 Å². The first-order valence-corrected chi connectivity index (χ1v) is 8.49. The van der Waals surface area contributed by atoms with Crippen molar-refractivity contribution in [3.8, 4) is 0 Å². The van der Waals surface area contributed by atoms with Crippen molar-refractivity contribution in [1.82, 2.24) is 10.3 Å². The molecule has 0 fully saturated rings. The number of thiazole rings is 1. The minimum atomic E-state index is -0.494. The predicted molar refractivity (Wildman–Crippen MR) is 97.3 cm³/mol. The number of carbonyl (C=O) groups excluding carboxylic acids is 1. The van der Waals surface area contributed by atoms with Crippen molar-refractivity contribution in [3.05, 3.63) is 45.0 Å². The number of aryl methyl sites for hydroxylation is 1. The molecule has 1 atom stereocenters. The highest BCUT2D eigenvalue weighted by atomic mass is 35.5. The van der Waals surface area contributed by atoms with Crippen molar-refractivity contribution < 1.29 is 9.72 Å². The number of nitrogens with one attached hydrogen (secondary N) is 1. The molecular weight excluding hydrogens is 372 g/mol. The van der Waals surface area contributed by atoms with E-state index in [9.17, 15) is 14.9 Å². The molecule has 24 heavy (non-hydrogen) atoms. The lowest BCUT2D eigenvalue weighted by atomic mass is 10.1. The lowest BCUT2D eigenvalue weighted by Gasteiger charge is -2.11. The van der Waals surface area contributed by atoms with Gasteiger partial charge in [0.05, 0.1) is 9.82 Å². The Labute approximate surface area is 153 Å². The average Bonchev–Trinajstić information content (AvgIpc) is 2.92. The number of aromatic nitrogens is 1. The lowest BCUT2D eigenvalue weighted by molar-refractivity contribution is -0.387. The fourth-order valence-corrected chi connectivity index (χ4v) is 3.61. The van der Waals surface area contributed by atoms with Crippen LogP contribution in [0.15, 0.2) is 32.8 Å². The van der Waals surface area contributed by atoms with Gasteiger partial charge in [0.15, 0.2) is 4.34 Å². The van der Waals surface area contributed by atoms with E-state index in [-0.39, 0.29) is 35.6 Å². The molecule has 1 amide bonds. The third-order valence-corrected chi connectivity index (χ3v) is 5.07. The first-order valence-electron chi connectivity index (χ1n) is 6.80. The van der Waals surface area contributed by atoms with Crippen LogP contribution in [0.5, 0.6) is 0 Å². The summed E-state index contributed by atoms with van der Waals surface area (Å²) in [6, 6.07) is 4.21. The van der Waals surface area contributed by atoms with E-state index in [4.69, 9.17) is 5.73 Å². The summed E-state index contributed by atoms with van der Waals surface area (Å²) in [5, 5.41) is 15.9. The summed E-state index contributed by atoms with van der Waals surface area (Å²) >= 11 is 2.64. The van der Waals surface area contributed by atoms with E-state index in [2.05, 4.69) is 10.3 Å². The van der Waals surface area contributed by atoms with Crippen LogP contribution in [0.25, 0.3) is 0 Å². The topological polar surface area (TPSA) is 111 Å². The largest absolute Gasteiger partial charge is 0.348 e. The second-order valence-corrected chi connectivity index (χ2v) is 7.05. The van der Waals surface area contributed by atoms with E-state index in [1.807, 2.05) is 12.3 Å². The summed E-state index contributed by atoms with van der Waals surface area (Å²) in [4.78, 5) is 27.6. The van der Waals surface area contributed by atoms with Crippen LogP contribution in [0.3, 0.4) is 0 Å². The summed E-state index contributed by atoms with van der Waals surface area (Å²) in [6.07, 6.45) is 0. The number of nitrogens with zero attached hydrogens (tertiary/aromatic N) is 2. The van der Waals surface area contributed by atoms with Gasteiger partial charge in [-0.15, -0.1) is 23.7 Å². The van der Waals surface area contributed by atoms with Gasteiger partial charge in [-0.1, -0.05) is 11.8 Å². The zero-order valence-electron chi connectivity index (χ0n) is 13.0. The van der Waals surface area contributed by atoms with Gasteiger partial charge < -0.3 is 11.1 Å². The molecule has 130 valence electrons. The number of halogens is 1. The van der Waals surface area contributed by atoms with Crippen molar-refractivity contribution in [2.24, 2.45) is 5.73 Å². The molecule has 2 aromatic rings. The van der Waals surface area contributed by atoms with Crippen molar-refractivity contribution >= 4 is 47.1 Å². The van der Waals surface area contributed by atoms with E-state index in [0.717, 1.165) is 10.0 Å². The summed E-state index contributed by atoms with van der Waals surface area (Å²) in [6.45, 7) is 3.92. The predicted octanol–water partition coefficient (Wildman–Crippen LogP) is 3.01. The SMILES string of the molecule is Cc1csc(Sc2ccc(C(=O)N[C@@H](C)CN)cc2[N+](=O)[O-])n1.Cl. The lowest BCUT2D eigenvalue weighted by Crippen LogP contribution is -2.37. The van der Waals surface area contributed by atoms with Gasteiger partial charge in [-0.25, -0.2) is 4.98 Å². The van der Waals surface area contributed by atoms with Crippen molar-refractivity contribution in [1.29, 1.82) is 0 Å². The Morgan fingerprint density at radius 2 is 2.25 bits per heavy atom. The van der Waals surface area contributed by atoms with Gasteiger partial charge >= 0.3 is 0 Å². The molecular formula is C14H17ClN4O3S2. The fourth-order valence-electron chi connectivity index (χ4n) is 1.73. The number of carbonyl (C=O) groups is 1. The number of benzene rings is 1.